The average Bonchev–Trinajstić information content (AvgIpc) is 2.48. The molecule has 0 saturated heterocycles. The zero-order valence-corrected chi connectivity index (χ0v) is 12.3. The molecule has 1 atom stereocenters. The third kappa shape index (κ3) is 3.84. The van der Waals surface area contributed by atoms with Crippen LogP contribution in [0.1, 0.15) is 16.7 Å². The predicted octanol–water partition coefficient (Wildman–Crippen LogP) is 3.36. The number of benzene rings is 2. The van der Waals surface area contributed by atoms with Gasteiger partial charge in [0.05, 0.1) is 7.11 Å². The summed E-state index contributed by atoms with van der Waals surface area (Å²) in [5, 5.41) is 0. The average molecular weight is 269 g/mol. The van der Waals surface area contributed by atoms with Gasteiger partial charge in [0.2, 0.25) is 0 Å². The number of methoxy groups -OCH3 is 1. The standard InChI is InChI=1S/C18H23NO/c1-14-8-9-18(20-2)17(10-14)12-16(13-19)11-15-6-4-3-5-7-15/h3-10,16H,11-13,19H2,1-2H3. The Kier molecular flexibility index (Phi) is 5.19. The molecule has 0 fully saturated rings. The quantitative estimate of drug-likeness (QED) is 0.872. The number of aryl methyl sites for hydroxylation is 1. The van der Waals surface area contributed by atoms with E-state index in [4.69, 9.17) is 10.5 Å². The van der Waals surface area contributed by atoms with Gasteiger partial charge in [-0.3, -0.25) is 0 Å². The first-order valence-corrected chi connectivity index (χ1v) is 7.10. The van der Waals surface area contributed by atoms with Crippen LogP contribution in [0.2, 0.25) is 0 Å². The number of hydrogen-bond donors (Lipinski definition) is 1. The van der Waals surface area contributed by atoms with E-state index in [-0.39, 0.29) is 0 Å². The summed E-state index contributed by atoms with van der Waals surface area (Å²) in [4.78, 5) is 0. The van der Waals surface area contributed by atoms with E-state index in [1.165, 1.54) is 16.7 Å². The summed E-state index contributed by atoms with van der Waals surface area (Å²) in [5.41, 5.74) is 9.81. The second-order valence-corrected chi connectivity index (χ2v) is 5.31. The van der Waals surface area contributed by atoms with Crippen molar-refractivity contribution in [1.29, 1.82) is 0 Å². The van der Waals surface area contributed by atoms with E-state index in [0.29, 0.717) is 12.5 Å². The fourth-order valence-corrected chi connectivity index (χ4v) is 2.56. The fourth-order valence-electron chi connectivity index (χ4n) is 2.56. The highest BCUT2D eigenvalue weighted by Gasteiger charge is 2.12. The third-order valence-corrected chi connectivity index (χ3v) is 3.65. The van der Waals surface area contributed by atoms with Crippen LogP contribution in [0, 0.1) is 12.8 Å². The van der Waals surface area contributed by atoms with Gasteiger partial charge in [0.1, 0.15) is 5.75 Å². The Balaban J connectivity index is 2.12. The Hall–Kier alpha value is -1.80. The van der Waals surface area contributed by atoms with Gasteiger partial charge in [0, 0.05) is 0 Å². The van der Waals surface area contributed by atoms with Crippen molar-refractivity contribution >= 4 is 0 Å². The Bertz CT molecular complexity index is 536. The predicted molar refractivity (Wildman–Crippen MR) is 84.1 cm³/mol. The summed E-state index contributed by atoms with van der Waals surface area (Å²) in [5.74, 6) is 1.40. The second-order valence-electron chi connectivity index (χ2n) is 5.31. The first-order valence-electron chi connectivity index (χ1n) is 7.10. The molecule has 0 heterocycles. The van der Waals surface area contributed by atoms with Crippen LogP contribution < -0.4 is 10.5 Å². The van der Waals surface area contributed by atoms with Crippen molar-refractivity contribution in [1.82, 2.24) is 0 Å². The zero-order valence-electron chi connectivity index (χ0n) is 12.3. The van der Waals surface area contributed by atoms with Crippen LogP contribution in [0.25, 0.3) is 0 Å². The van der Waals surface area contributed by atoms with Gasteiger partial charge in [-0.1, -0.05) is 48.0 Å². The van der Waals surface area contributed by atoms with Crippen LogP contribution in [0.4, 0.5) is 0 Å². The summed E-state index contributed by atoms with van der Waals surface area (Å²) in [6.07, 6.45) is 1.96. The summed E-state index contributed by atoms with van der Waals surface area (Å²) < 4.78 is 5.46. The molecule has 2 aromatic carbocycles. The maximum Gasteiger partial charge on any atom is 0.122 e. The topological polar surface area (TPSA) is 35.2 Å². The van der Waals surface area contributed by atoms with Crippen molar-refractivity contribution in [3.05, 3.63) is 65.2 Å². The van der Waals surface area contributed by atoms with Gasteiger partial charge < -0.3 is 10.5 Å². The Morgan fingerprint density at radius 1 is 1.05 bits per heavy atom. The summed E-state index contributed by atoms with van der Waals surface area (Å²) in [7, 11) is 1.73. The minimum atomic E-state index is 0.438. The van der Waals surface area contributed by atoms with E-state index in [0.717, 1.165) is 18.6 Å². The van der Waals surface area contributed by atoms with Crippen molar-refractivity contribution in [2.75, 3.05) is 13.7 Å². The Labute approximate surface area is 121 Å². The van der Waals surface area contributed by atoms with Crippen molar-refractivity contribution in [2.45, 2.75) is 19.8 Å². The van der Waals surface area contributed by atoms with E-state index in [1.54, 1.807) is 7.11 Å². The van der Waals surface area contributed by atoms with Crippen LogP contribution >= 0.6 is 0 Å². The first-order chi connectivity index (χ1) is 9.72. The molecular weight excluding hydrogens is 246 g/mol. The molecule has 0 aliphatic carbocycles. The molecule has 0 saturated carbocycles. The Morgan fingerprint density at radius 3 is 2.45 bits per heavy atom. The lowest BCUT2D eigenvalue weighted by Gasteiger charge is -2.17. The number of ether oxygens (including phenoxy) is 1. The van der Waals surface area contributed by atoms with Crippen molar-refractivity contribution in [3.63, 3.8) is 0 Å². The van der Waals surface area contributed by atoms with Crippen LogP contribution in [0.3, 0.4) is 0 Å². The normalized spacial score (nSPS) is 12.2. The first kappa shape index (κ1) is 14.6. The van der Waals surface area contributed by atoms with E-state index in [9.17, 15) is 0 Å². The second kappa shape index (κ2) is 7.11. The van der Waals surface area contributed by atoms with Gasteiger partial charge >= 0.3 is 0 Å². The summed E-state index contributed by atoms with van der Waals surface area (Å²) >= 11 is 0. The molecule has 20 heavy (non-hydrogen) atoms. The van der Waals surface area contributed by atoms with E-state index in [1.807, 2.05) is 12.1 Å². The zero-order chi connectivity index (χ0) is 14.4. The largest absolute Gasteiger partial charge is 0.496 e. The molecule has 0 amide bonds. The molecule has 2 N–H and O–H groups in total. The van der Waals surface area contributed by atoms with E-state index >= 15 is 0 Å². The van der Waals surface area contributed by atoms with E-state index in [2.05, 4.69) is 43.3 Å². The highest BCUT2D eigenvalue weighted by molar-refractivity contribution is 5.37. The summed E-state index contributed by atoms with van der Waals surface area (Å²) in [6.45, 7) is 2.80. The van der Waals surface area contributed by atoms with Gasteiger partial charge in [-0.25, -0.2) is 0 Å². The molecule has 0 bridgehead atoms. The maximum absolute atomic E-state index is 5.96. The molecule has 0 aromatic heterocycles. The lowest BCUT2D eigenvalue weighted by Crippen LogP contribution is -2.19. The van der Waals surface area contributed by atoms with Gasteiger partial charge in [-0.2, -0.15) is 0 Å². The number of rotatable bonds is 6. The van der Waals surface area contributed by atoms with Crippen molar-refractivity contribution in [3.8, 4) is 5.75 Å². The molecule has 0 aliphatic rings. The number of nitrogens with two attached hydrogens (primary N) is 1. The molecule has 2 rings (SSSR count). The molecule has 0 radical (unpaired) electrons. The molecule has 2 aromatic rings. The fraction of sp³-hybridized carbons (Fsp3) is 0.333. The maximum atomic E-state index is 5.96. The molecule has 2 heteroatoms. The van der Waals surface area contributed by atoms with Gasteiger partial charge in [-0.15, -0.1) is 0 Å². The minimum absolute atomic E-state index is 0.438. The highest BCUT2D eigenvalue weighted by Crippen LogP contribution is 2.24. The minimum Gasteiger partial charge on any atom is -0.496 e. The van der Waals surface area contributed by atoms with Crippen molar-refractivity contribution < 1.29 is 4.74 Å². The molecular formula is C18H23NO. The SMILES string of the molecule is COc1ccc(C)cc1CC(CN)Cc1ccccc1. The molecule has 0 aliphatic heterocycles. The van der Waals surface area contributed by atoms with Gasteiger partial charge in [0.25, 0.3) is 0 Å². The van der Waals surface area contributed by atoms with Gasteiger partial charge in [0.15, 0.2) is 0 Å². The highest BCUT2D eigenvalue weighted by atomic mass is 16.5. The number of hydrogen-bond acceptors (Lipinski definition) is 2. The third-order valence-electron chi connectivity index (χ3n) is 3.65. The molecule has 0 spiro atoms. The van der Waals surface area contributed by atoms with E-state index < -0.39 is 0 Å². The molecule has 106 valence electrons. The molecule has 1 unspecified atom stereocenters. The van der Waals surface area contributed by atoms with Crippen LogP contribution in [-0.4, -0.2) is 13.7 Å². The monoisotopic (exact) mass is 269 g/mol. The summed E-state index contributed by atoms with van der Waals surface area (Å²) in [6, 6.07) is 16.9. The van der Waals surface area contributed by atoms with Crippen LogP contribution in [0.5, 0.6) is 5.75 Å². The Morgan fingerprint density at radius 2 is 1.80 bits per heavy atom. The smallest absolute Gasteiger partial charge is 0.122 e. The van der Waals surface area contributed by atoms with Gasteiger partial charge in [-0.05, 0) is 49.4 Å². The van der Waals surface area contributed by atoms with Crippen molar-refractivity contribution in [2.24, 2.45) is 11.7 Å². The lowest BCUT2D eigenvalue weighted by molar-refractivity contribution is 0.403. The molecule has 2 nitrogen and oxygen atoms in total. The van der Waals surface area contributed by atoms with Crippen LogP contribution in [0.15, 0.2) is 48.5 Å². The lowest BCUT2D eigenvalue weighted by atomic mass is 9.91. The van der Waals surface area contributed by atoms with Crippen LogP contribution in [-0.2, 0) is 12.8 Å².